The van der Waals surface area contributed by atoms with Crippen molar-refractivity contribution in [1.82, 2.24) is 4.98 Å². The number of nitro benzene ring substituents is 1. The van der Waals surface area contributed by atoms with Crippen LogP contribution in [0, 0.1) is 10.1 Å². The van der Waals surface area contributed by atoms with Crippen LogP contribution in [0.5, 0.6) is 5.75 Å². The third-order valence-corrected chi connectivity index (χ3v) is 4.59. The molecule has 26 heavy (non-hydrogen) atoms. The molecule has 0 aliphatic heterocycles. The Morgan fingerprint density at radius 1 is 1.27 bits per heavy atom. The predicted molar refractivity (Wildman–Crippen MR) is 104 cm³/mol. The first-order valence-corrected chi connectivity index (χ1v) is 8.75. The van der Waals surface area contributed by atoms with Crippen LogP contribution >= 0.6 is 34.5 Å². The zero-order chi connectivity index (χ0) is 18.7. The van der Waals surface area contributed by atoms with Crippen molar-refractivity contribution in [1.29, 1.82) is 0 Å². The van der Waals surface area contributed by atoms with Gasteiger partial charge in [0.15, 0.2) is 0 Å². The van der Waals surface area contributed by atoms with Crippen molar-refractivity contribution in [3.05, 3.63) is 67.5 Å². The van der Waals surface area contributed by atoms with Crippen LogP contribution in [0.2, 0.25) is 10.0 Å². The zero-order valence-electron chi connectivity index (χ0n) is 12.9. The molecule has 0 saturated heterocycles. The first kappa shape index (κ1) is 18.1. The van der Waals surface area contributed by atoms with E-state index in [0.717, 1.165) is 5.56 Å². The summed E-state index contributed by atoms with van der Waals surface area (Å²) in [5.74, 6) is -0.117. The number of nitrogens with one attached hydrogen (secondary N) is 1. The number of nitro groups is 1. The molecule has 3 rings (SSSR count). The molecular weight excluding hydrogens is 399 g/mol. The fourth-order valence-corrected chi connectivity index (χ4v) is 3.23. The van der Waals surface area contributed by atoms with Gasteiger partial charge in [-0.2, -0.15) is 5.10 Å². The molecule has 0 spiro atoms. The Bertz CT molecular complexity index is 1010. The van der Waals surface area contributed by atoms with Crippen molar-refractivity contribution >= 4 is 51.6 Å². The lowest BCUT2D eigenvalue weighted by Crippen LogP contribution is -1.93. The number of phenols is 1. The fraction of sp³-hybridized carbons (Fsp3) is 0. The van der Waals surface area contributed by atoms with Gasteiger partial charge in [-0.1, -0.05) is 23.2 Å². The molecule has 2 N–H and O–H groups in total. The summed E-state index contributed by atoms with van der Waals surface area (Å²) in [7, 11) is 0. The number of nitrogens with zero attached hydrogens (tertiary/aromatic N) is 3. The van der Waals surface area contributed by atoms with E-state index in [4.69, 9.17) is 23.2 Å². The summed E-state index contributed by atoms with van der Waals surface area (Å²) >= 11 is 13.4. The molecule has 132 valence electrons. The molecule has 0 atom stereocenters. The van der Waals surface area contributed by atoms with Crippen molar-refractivity contribution in [2.75, 3.05) is 5.43 Å². The molecule has 0 radical (unpaired) electrons. The van der Waals surface area contributed by atoms with Crippen LogP contribution in [0.25, 0.3) is 11.3 Å². The number of benzene rings is 2. The molecule has 2 aromatic carbocycles. The van der Waals surface area contributed by atoms with Gasteiger partial charge >= 0.3 is 0 Å². The summed E-state index contributed by atoms with van der Waals surface area (Å²) in [5.41, 5.74) is 4.18. The second-order valence-electron chi connectivity index (χ2n) is 5.03. The van der Waals surface area contributed by atoms with Crippen LogP contribution < -0.4 is 5.43 Å². The lowest BCUT2D eigenvalue weighted by atomic mass is 10.2. The number of hydrogen-bond acceptors (Lipinski definition) is 7. The highest BCUT2D eigenvalue weighted by Crippen LogP contribution is 2.32. The minimum Gasteiger partial charge on any atom is -0.507 e. The van der Waals surface area contributed by atoms with Crippen LogP contribution in [-0.4, -0.2) is 21.2 Å². The molecule has 1 aromatic heterocycles. The number of non-ortho nitro benzene ring substituents is 1. The van der Waals surface area contributed by atoms with Crippen LogP contribution in [0.15, 0.2) is 46.9 Å². The van der Waals surface area contributed by atoms with E-state index in [9.17, 15) is 15.2 Å². The number of hydrazone groups is 1. The van der Waals surface area contributed by atoms with Gasteiger partial charge in [0.1, 0.15) is 5.75 Å². The van der Waals surface area contributed by atoms with E-state index in [-0.39, 0.29) is 17.0 Å². The summed E-state index contributed by atoms with van der Waals surface area (Å²) in [6.45, 7) is 0. The average Bonchev–Trinajstić information content (AvgIpc) is 3.05. The first-order valence-electron chi connectivity index (χ1n) is 7.11. The lowest BCUT2D eigenvalue weighted by Gasteiger charge is -2.01. The Morgan fingerprint density at radius 3 is 2.81 bits per heavy atom. The molecule has 0 aliphatic carbocycles. The average molecular weight is 409 g/mol. The second-order valence-corrected chi connectivity index (χ2v) is 6.73. The number of hydrogen-bond donors (Lipinski definition) is 2. The lowest BCUT2D eigenvalue weighted by molar-refractivity contribution is -0.384. The second kappa shape index (κ2) is 7.69. The Labute approximate surface area is 161 Å². The topological polar surface area (TPSA) is 101 Å². The van der Waals surface area contributed by atoms with E-state index in [2.05, 4.69) is 15.5 Å². The van der Waals surface area contributed by atoms with Crippen LogP contribution in [0.1, 0.15) is 5.56 Å². The van der Waals surface area contributed by atoms with Crippen LogP contribution in [0.4, 0.5) is 10.8 Å². The summed E-state index contributed by atoms with van der Waals surface area (Å²) in [5, 5.41) is 27.8. The maximum atomic E-state index is 10.8. The Kier molecular flexibility index (Phi) is 5.36. The van der Waals surface area contributed by atoms with Crippen molar-refractivity contribution < 1.29 is 10.0 Å². The standard InChI is InChI=1S/C16H10Cl2N4O3S/c17-10-1-3-12(13(18)6-10)14-8-26-16(20-14)21-19-7-9-5-11(22(24)25)2-4-15(9)23/h1-8,23H,(H,20,21). The molecule has 0 fully saturated rings. The molecule has 7 nitrogen and oxygen atoms in total. The van der Waals surface area contributed by atoms with Gasteiger partial charge in [0.2, 0.25) is 5.13 Å². The minimum absolute atomic E-state index is 0.117. The normalized spacial score (nSPS) is 11.0. The van der Waals surface area contributed by atoms with Gasteiger partial charge in [0.05, 0.1) is 21.9 Å². The Morgan fingerprint density at radius 2 is 2.08 bits per heavy atom. The largest absolute Gasteiger partial charge is 0.507 e. The van der Waals surface area contributed by atoms with Gasteiger partial charge < -0.3 is 5.11 Å². The summed E-state index contributed by atoms with van der Waals surface area (Å²) < 4.78 is 0. The highest BCUT2D eigenvalue weighted by molar-refractivity contribution is 7.14. The van der Waals surface area contributed by atoms with Crippen molar-refractivity contribution in [3.8, 4) is 17.0 Å². The number of phenolic OH excluding ortho intramolecular Hbond substituents is 1. The highest BCUT2D eigenvalue weighted by Gasteiger charge is 2.10. The van der Waals surface area contributed by atoms with E-state index in [0.29, 0.717) is 20.9 Å². The summed E-state index contributed by atoms with van der Waals surface area (Å²) in [6.07, 6.45) is 1.28. The van der Waals surface area contributed by atoms with Gasteiger partial charge in [-0.05, 0) is 24.3 Å². The predicted octanol–water partition coefficient (Wildman–Crippen LogP) is 5.18. The van der Waals surface area contributed by atoms with Gasteiger partial charge in [-0.15, -0.1) is 11.3 Å². The van der Waals surface area contributed by atoms with Crippen molar-refractivity contribution in [2.24, 2.45) is 5.10 Å². The molecule has 10 heteroatoms. The number of anilines is 1. The SMILES string of the molecule is O=[N+]([O-])c1ccc(O)c(C=NNc2nc(-c3ccc(Cl)cc3Cl)cs2)c1. The smallest absolute Gasteiger partial charge is 0.270 e. The van der Waals surface area contributed by atoms with Gasteiger partial charge in [0, 0.05) is 33.7 Å². The van der Waals surface area contributed by atoms with Gasteiger partial charge in [-0.25, -0.2) is 4.98 Å². The molecular formula is C16H10Cl2N4O3S. The molecule has 0 aliphatic rings. The molecule has 1 heterocycles. The Balaban J connectivity index is 1.75. The number of halogens is 2. The third kappa shape index (κ3) is 4.10. The van der Waals surface area contributed by atoms with Crippen molar-refractivity contribution in [2.45, 2.75) is 0 Å². The van der Waals surface area contributed by atoms with Gasteiger partial charge in [-0.3, -0.25) is 15.5 Å². The first-order chi connectivity index (χ1) is 12.4. The highest BCUT2D eigenvalue weighted by atomic mass is 35.5. The van der Waals surface area contributed by atoms with E-state index >= 15 is 0 Å². The monoisotopic (exact) mass is 408 g/mol. The minimum atomic E-state index is -0.548. The molecule has 3 aromatic rings. The summed E-state index contributed by atoms with van der Waals surface area (Å²) in [4.78, 5) is 14.6. The van der Waals surface area contributed by atoms with E-state index < -0.39 is 4.92 Å². The third-order valence-electron chi connectivity index (χ3n) is 3.30. The van der Waals surface area contributed by atoms with E-state index in [1.54, 1.807) is 23.6 Å². The number of aromatic nitrogens is 1. The Hall–Kier alpha value is -2.68. The van der Waals surface area contributed by atoms with E-state index in [1.165, 1.54) is 35.8 Å². The molecule has 0 bridgehead atoms. The van der Waals surface area contributed by atoms with Crippen LogP contribution in [0.3, 0.4) is 0 Å². The number of thiazole rings is 1. The van der Waals surface area contributed by atoms with Crippen molar-refractivity contribution in [3.63, 3.8) is 0 Å². The van der Waals surface area contributed by atoms with Crippen LogP contribution in [-0.2, 0) is 0 Å². The zero-order valence-corrected chi connectivity index (χ0v) is 15.2. The number of aromatic hydroxyl groups is 1. The quantitative estimate of drug-likeness (QED) is 0.344. The molecule has 0 amide bonds. The maximum Gasteiger partial charge on any atom is 0.270 e. The summed E-state index contributed by atoms with van der Waals surface area (Å²) in [6, 6.07) is 8.80. The fourth-order valence-electron chi connectivity index (χ4n) is 2.06. The van der Waals surface area contributed by atoms with E-state index in [1.807, 2.05) is 0 Å². The number of rotatable bonds is 5. The molecule has 0 saturated carbocycles. The molecule has 0 unspecified atom stereocenters. The van der Waals surface area contributed by atoms with Gasteiger partial charge in [0.25, 0.3) is 5.69 Å². The maximum absolute atomic E-state index is 10.8.